The van der Waals surface area contributed by atoms with Crippen LogP contribution in [0.4, 0.5) is 0 Å². The lowest BCUT2D eigenvalue weighted by atomic mass is 10.2. The van der Waals surface area contributed by atoms with Gasteiger partial charge in [0.05, 0.1) is 31.4 Å². The summed E-state index contributed by atoms with van der Waals surface area (Å²) in [5.74, 6) is 0.862. The molecule has 1 saturated heterocycles. The quantitative estimate of drug-likeness (QED) is 0.792. The number of nitrogens with one attached hydrogen (secondary N) is 2. The molecule has 0 aromatic heterocycles. The molecule has 0 radical (unpaired) electrons. The number of sulfonamides is 1. The maximum atomic E-state index is 12.4. The molecule has 9 heteroatoms. The summed E-state index contributed by atoms with van der Waals surface area (Å²) in [7, 11) is -2.13. The van der Waals surface area contributed by atoms with E-state index in [1.54, 1.807) is 12.1 Å². The summed E-state index contributed by atoms with van der Waals surface area (Å²) in [6.07, 6.45) is 2.42. The van der Waals surface area contributed by atoms with E-state index >= 15 is 0 Å². The molecule has 132 valence electrons. The molecule has 1 atom stereocenters. The Balaban J connectivity index is 1.57. The Bertz CT molecular complexity index is 684. The summed E-state index contributed by atoms with van der Waals surface area (Å²) in [6, 6.07) is 6.20. The van der Waals surface area contributed by atoms with Crippen molar-refractivity contribution >= 4 is 16.0 Å². The molecule has 1 aromatic rings. The largest absolute Gasteiger partial charge is 0.497 e. The Kier molecular flexibility index (Phi) is 5.22. The molecule has 0 amide bonds. The number of nitrogens with zero attached hydrogens (tertiary/aromatic N) is 2. The summed E-state index contributed by atoms with van der Waals surface area (Å²) >= 11 is 0. The topological polar surface area (TPSA) is 92.3 Å². The van der Waals surface area contributed by atoms with Gasteiger partial charge in [0.2, 0.25) is 5.96 Å². The fraction of sp³-hybridized carbons (Fsp3) is 0.533. The van der Waals surface area contributed by atoms with Crippen molar-refractivity contribution in [2.45, 2.75) is 23.8 Å². The number of aliphatic imine (C=N–C) groups is 1. The SMILES string of the molecule is COc1ccc(S(=O)(=O)NC2=NCN(C[C@H]3CCCO3)CN2)cc1. The number of rotatable bonds is 5. The fourth-order valence-electron chi connectivity index (χ4n) is 2.67. The monoisotopic (exact) mass is 354 g/mol. The first-order valence-corrected chi connectivity index (χ1v) is 9.34. The molecule has 2 N–H and O–H groups in total. The van der Waals surface area contributed by atoms with E-state index in [-0.39, 0.29) is 17.0 Å². The van der Waals surface area contributed by atoms with Crippen LogP contribution in [0.2, 0.25) is 0 Å². The molecule has 2 heterocycles. The molecule has 3 rings (SSSR count). The third kappa shape index (κ3) is 4.16. The number of ether oxygens (including phenoxy) is 2. The van der Waals surface area contributed by atoms with Crippen LogP contribution in [0.5, 0.6) is 5.75 Å². The van der Waals surface area contributed by atoms with E-state index in [1.807, 2.05) is 0 Å². The van der Waals surface area contributed by atoms with Crippen LogP contribution in [0.1, 0.15) is 12.8 Å². The predicted octanol–water partition coefficient (Wildman–Crippen LogP) is 0.329. The lowest BCUT2D eigenvalue weighted by Crippen LogP contribution is -2.51. The Hall–Kier alpha value is -1.84. The van der Waals surface area contributed by atoms with Gasteiger partial charge < -0.3 is 14.8 Å². The van der Waals surface area contributed by atoms with Gasteiger partial charge in [-0.05, 0) is 37.1 Å². The van der Waals surface area contributed by atoms with Crippen molar-refractivity contribution in [1.29, 1.82) is 0 Å². The van der Waals surface area contributed by atoms with Gasteiger partial charge in [0.1, 0.15) is 5.75 Å². The van der Waals surface area contributed by atoms with Gasteiger partial charge in [0.15, 0.2) is 0 Å². The molecule has 2 aliphatic rings. The molecule has 1 fully saturated rings. The minimum absolute atomic E-state index is 0.162. The lowest BCUT2D eigenvalue weighted by Gasteiger charge is -2.28. The third-order valence-electron chi connectivity index (χ3n) is 3.99. The van der Waals surface area contributed by atoms with Gasteiger partial charge in [-0.15, -0.1) is 0 Å². The highest BCUT2D eigenvalue weighted by molar-refractivity contribution is 7.90. The molecule has 0 unspecified atom stereocenters. The first-order chi connectivity index (χ1) is 11.6. The number of benzene rings is 1. The van der Waals surface area contributed by atoms with E-state index < -0.39 is 10.0 Å². The van der Waals surface area contributed by atoms with Crippen LogP contribution in [-0.2, 0) is 14.8 Å². The Morgan fingerprint density at radius 2 is 2.21 bits per heavy atom. The summed E-state index contributed by atoms with van der Waals surface area (Å²) in [5.41, 5.74) is 0. The average Bonchev–Trinajstić information content (AvgIpc) is 3.09. The molecule has 0 bridgehead atoms. The van der Waals surface area contributed by atoms with Gasteiger partial charge in [0.25, 0.3) is 10.0 Å². The minimum Gasteiger partial charge on any atom is -0.497 e. The van der Waals surface area contributed by atoms with E-state index in [9.17, 15) is 8.42 Å². The minimum atomic E-state index is -3.67. The highest BCUT2D eigenvalue weighted by Gasteiger charge is 2.23. The molecular weight excluding hydrogens is 332 g/mol. The second kappa shape index (κ2) is 7.37. The van der Waals surface area contributed by atoms with E-state index in [0.717, 1.165) is 26.0 Å². The van der Waals surface area contributed by atoms with Crippen molar-refractivity contribution in [3.05, 3.63) is 24.3 Å². The maximum absolute atomic E-state index is 12.4. The number of guanidine groups is 1. The maximum Gasteiger partial charge on any atom is 0.264 e. The van der Waals surface area contributed by atoms with Crippen LogP contribution in [-0.4, -0.2) is 59.0 Å². The van der Waals surface area contributed by atoms with Gasteiger partial charge in [-0.1, -0.05) is 0 Å². The first kappa shape index (κ1) is 17.0. The van der Waals surface area contributed by atoms with E-state index in [1.165, 1.54) is 19.2 Å². The van der Waals surface area contributed by atoms with Gasteiger partial charge in [-0.3, -0.25) is 4.90 Å². The van der Waals surface area contributed by atoms with Gasteiger partial charge in [-0.25, -0.2) is 18.1 Å². The van der Waals surface area contributed by atoms with Gasteiger partial charge in [-0.2, -0.15) is 0 Å². The van der Waals surface area contributed by atoms with E-state index in [0.29, 0.717) is 19.1 Å². The molecule has 0 spiro atoms. The van der Waals surface area contributed by atoms with Gasteiger partial charge >= 0.3 is 0 Å². The zero-order chi connectivity index (χ0) is 17.0. The van der Waals surface area contributed by atoms with Crippen LogP contribution >= 0.6 is 0 Å². The van der Waals surface area contributed by atoms with Crippen LogP contribution in [0, 0.1) is 0 Å². The summed E-state index contributed by atoms with van der Waals surface area (Å²) in [4.78, 5) is 6.50. The second-order valence-electron chi connectivity index (χ2n) is 5.75. The molecule has 1 aromatic carbocycles. The van der Waals surface area contributed by atoms with Crippen LogP contribution in [0.15, 0.2) is 34.2 Å². The average molecular weight is 354 g/mol. The van der Waals surface area contributed by atoms with Crippen LogP contribution in [0.3, 0.4) is 0 Å². The third-order valence-corrected chi connectivity index (χ3v) is 5.34. The Morgan fingerprint density at radius 1 is 1.42 bits per heavy atom. The van der Waals surface area contributed by atoms with Crippen molar-refractivity contribution in [2.24, 2.45) is 4.99 Å². The fourth-order valence-corrected chi connectivity index (χ4v) is 3.67. The van der Waals surface area contributed by atoms with Gasteiger partial charge in [0, 0.05) is 13.2 Å². The van der Waals surface area contributed by atoms with Crippen molar-refractivity contribution in [3.8, 4) is 5.75 Å². The molecule has 24 heavy (non-hydrogen) atoms. The summed E-state index contributed by atoms with van der Waals surface area (Å²) in [6.45, 7) is 2.59. The van der Waals surface area contributed by atoms with Crippen molar-refractivity contribution in [2.75, 3.05) is 33.6 Å². The smallest absolute Gasteiger partial charge is 0.264 e. The summed E-state index contributed by atoms with van der Waals surface area (Å²) < 4.78 is 37.8. The normalized spacial score (nSPS) is 21.9. The Labute approximate surface area is 141 Å². The summed E-state index contributed by atoms with van der Waals surface area (Å²) in [5, 5.41) is 3.00. The van der Waals surface area contributed by atoms with Crippen molar-refractivity contribution in [3.63, 3.8) is 0 Å². The zero-order valence-corrected chi connectivity index (χ0v) is 14.4. The van der Waals surface area contributed by atoms with E-state index in [2.05, 4.69) is 19.9 Å². The predicted molar refractivity (Wildman–Crippen MR) is 89.3 cm³/mol. The molecular formula is C15H22N4O4S. The second-order valence-corrected chi connectivity index (χ2v) is 7.43. The van der Waals surface area contributed by atoms with E-state index in [4.69, 9.17) is 9.47 Å². The highest BCUT2D eigenvalue weighted by Crippen LogP contribution is 2.16. The van der Waals surface area contributed by atoms with Crippen molar-refractivity contribution < 1.29 is 17.9 Å². The van der Waals surface area contributed by atoms with Crippen LogP contribution < -0.4 is 14.8 Å². The highest BCUT2D eigenvalue weighted by atomic mass is 32.2. The number of hydrogen-bond acceptors (Lipinski definition) is 7. The standard InChI is InChI=1S/C15H22N4O4S/c1-22-12-4-6-14(7-5-12)24(20,21)18-15-16-10-19(11-17-15)9-13-3-2-8-23-13/h4-7,13H,2-3,8-11H2,1H3,(H2,16,17,18)/t13-/m1/s1. The van der Waals surface area contributed by atoms with Crippen LogP contribution in [0.25, 0.3) is 0 Å². The van der Waals surface area contributed by atoms with Crippen molar-refractivity contribution in [1.82, 2.24) is 14.9 Å². The molecule has 8 nitrogen and oxygen atoms in total. The number of methoxy groups -OCH3 is 1. The first-order valence-electron chi connectivity index (χ1n) is 7.86. The molecule has 2 aliphatic heterocycles. The molecule has 0 aliphatic carbocycles. The molecule has 0 saturated carbocycles. The lowest BCUT2D eigenvalue weighted by molar-refractivity contribution is 0.0714. The number of hydrogen-bond donors (Lipinski definition) is 2. The Morgan fingerprint density at radius 3 is 2.79 bits per heavy atom. The zero-order valence-electron chi connectivity index (χ0n) is 13.6.